The van der Waals surface area contributed by atoms with Crippen molar-refractivity contribution in [3.8, 4) is 46.0 Å². The molecule has 0 bridgehead atoms. The van der Waals surface area contributed by atoms with Gasteiger partial charge in [-0.05, 0) is 183 Å². The van der Waals surface area contributed by atoms with Gasteiger partial charge in [0.05, 0.1) is 145 Å². The molecule has 27 heteroatoms. The van der Waals surface area contributed by atoms with Crippen molar-refractivity contribution in [3.05, 3.63) is 231 Å². The first-order chi connectivity index (χ1) is 69.2. The molecule has 27 nitrogen and oxygen atoms in total. The van der Waals surface area contributed by atoms with Crippen LogP contribution in [0.2, 0.25) is 0 Å². The third kappa shape index (κ3) is 40.6. The van der Waals surface area contributed by atoms with E-state index in [0.29, 0.717) is 225 Å². The molecule has 8 aromatic carbocycles. The summed E-state index contributed by atoms with van der Waals surface area (Å²) >= 11 is 0. The van der Waals surface area contributed by atoms with Crippen LogP contribution in [0.1, 0.15) is 286 Å². The molecule has 0 fully saturated rings. The van der Waals surface area contributed by atoms with Gasteiger partial charge in [-0.15, -0.1) is 0 Å². The lowest BCUT2D eigenvalue weighted by Gasteiger charge is -2.30. The number of hydrogen-bond donors (Lipinski definition) is 8. The molecule has 0 aliphatic heterocycles. The first kappa shape index (κ1) is 128. The standard InChI is InChI=1S/C35H56O6.C32H50O6.C27H40O8.C25H36O7/c1-23(2)15-38-19-27-11-31(12-28(33(27)36)20-39-16-24(3)4)35(9,10)32-13-29(21-40-17-25(5)6)34(37)30(14-32)22-41-18-26(7)8;1-21(2)14-36-18-25-11-28(10-24(17-35-9)30(25)33)32(7,8)29-12-26(19-37-15-22(3)4)31(34)27(13-29)20-38-16-23(5)6;1-27(2,23-11-19(15-32-5)25(28)21(13-23)17-34-9-7-30-3)24-12-20(16-33-6)26(29)22(14-24)18-35-10-8-31-4;1-25(2,21-9-17(13-29-4)23(26)18(10-21)14-30-5)22-11-19(15-31-6)24(27)20(12-22)16-32-8-7-28-3/h11-14,23-26,36-37H,15-22H2,1-10H3;10-13,21-23,33-34H,14-20H2,1-9H3;11-14,28-29H,7-10,15-18H2,1-6H3;9-12,26-27H,7-8,13-16H2,1-6H3. The largest absolute Gasteiger partial charge is 0.507 e. The highest BCUT2D eigenvalue weighted by Gasteiger charge is 2.34. The Labute approximate surface area is 873 Å². The Kier molecular flexibility index (Phi) is 56.8. The van der Waals surface area contributed by atoms with Crippen LogP contribution in [0, 0.1) is 41.4 Å². The summed E-state index contributed by atoms with van der Waals surface area (Å²) in [7, 11) is 14.5. The molecule has 8 aromatic rings. The molecule has 0 saturated carbocycles. The maximum Gasteiger partial charge on any atom is 0.126 e. The molecule has 0 aliphatic rings. The van der Waals surface area contributed by atoms with Crippen molar-refractivity contribution in [2.24, 2.45) is 41.4 Å². The van der Waals surface area contributed by atoms with Gasteiger partial charge in [0.25, 0.3) is 0 Å². The first-order valence-corrected chi connectivity index (χ1v) is 51.2. The van der Waals surface area contributed by atoms with Gasteiger partial charge in [-0.1, -0.05) is 152 Å². The highest BCUT2D eigenvalue weighted by atomic mass is 16.5. The van der Waals surface area contributed by atoms with Crippen LogP contribution in [-0.2, 0) is 217 Å². The van der Waals surface area contributed by atoms with Gasteiger partial charge >= 0.3 is 0 Å². The summed E-state index contributed by atoms with van der Waals surface area (Å²) in [6, 6.07) is 31.9. The number of phenols is 8. The van der Waals surface area contributed by atoms with Crippen LogP contribution in [0.4, 0.5) is 0 Å². The number of aromatic hydroxyl groups is 8. The molecular weight excluding hydrogens is 1860 g/mol. The maximum atomic E-state index is 11.2. The van der Waals surface area contributed by atoms with E-state index in [1.54, 1.807) is 64.0 Å². The van der Waals surface area contributed by atoms with Crippen molar-refractivity contribution in [1.82, 2.24) is 0 Å². The second-order valence-corrected chi connectivity index (χ2v) is 42.7. The Morgan fingerprint density at radius 1 is 0.158 bits per heavy atom. The van der Waals surface area contributed by atoms with E-state index in [1.165, 1.54) is 0 Å². The minimum absolute atomic E-state index is 0.168. The van der Waals surface area contributed by atoms with Gasteiger partial charge in [0, 0.05) is 221 Å². The third-order valence-corrected chi connectivity index (χ3v) is 24.7. The van der Waals surface area contributed by atoms with Gasteiger partial charge in [0.15, 0.2) is 0 Å². The average molecular weight is 2040 g/mol. The number of ether oxygens (including phenoxy) is 19. The molecule has 0 spiro atoms. The molecule has 0 radical (unpaired) electrons. The van der Waals surface area contributed by atoms with Crippen LogP contribution in [0.5, 0.6) is 46.0 Å². The van der Waals surface area contributed by atoms with Gasteiger partial charge < -0.3 is 131 Å². The number of hydrogen-bond acceptors (Lipinski definition) is 27. The monoisotopic (exact) mass is 2040 g/mol. The summed E-state index contributed by atoms with van der Waals surface area (Å²) in [6.07, 6.45) is 0. The zero-order valence-corrected chi connectivity index (χ0v) is 94.1. The smallest absolute Gasteiger partial charge is 0.126 e. The SMILES string of the molecule is CC(C)COCc1cc(C(C)(C)c2cc(COCC(C)C)c(O)c(COCC(C)C)c2)cc(COCC(C)C)c1O.COCCOCc1cc(C(C)(C)c2cc(COC)c(O)c(COC)c2)cc(COC)c1O.COCCOCc1cc(C(C)(C)c2cc(COC)c(O)c(COCCOC)c2)cc(COC)c1O.COCc1cc(C(C)(C)c2cc(COCC(C)C)c(O)c(COCC(C)C)c2)cc(COCC(C)C)c1O. The Hall–Kier alpha value is -8.60. The molecule has 8 N–H and O–H groups in total. The van der Waals surface area contributed by atoms with E-state index in [4.69, 9.17) is 90.0 Å². The predicted octanol–water partition coefficient (Wildman–Crippen LogP) is 23.3. The summed E-state index contributed by atoms with van der Waals surface area (Å²) in [5.74, 6) is 4.40. The van der Waals surface area contributed by atoms with Gasteiger partial charge in [0.1, 0.15) is 46.0 Å². The Morgan fingerprint density at radius 2 is 0.260 bits per heavy atom. The molecule has 0 atom stereocenters. The van der Waals surface area contributed by atoms with Crippen LogP contribution in [0.3, 0.4) is 0 Å². The van der Waals surface area contributed by atoms with Crippen LogP contribution >= 0.6 is 0 Å². The van der Waals surface area contributed by atoms with Gasteiger partial charge in [-0.3, -0.25) is 0 Å². The topological polar surface area (TPSA) is 337 Å². The van der Waals surface area contributed by atoms with Crippen LogP contribution in [-0.4, -0.2) is 191 Å². The summed E-state index contributed by atoms with van der Waals surface area (Å²) in [5.41, 5.74) is 17.7. The molecule has 820 valence electrons. The second kappa shape index (κ2) is 64.8. The minimum Gasteiger partial charge on any atom is -0.507 e. The van der Waals surface area contributed by atoms with E-state index >= 15 is 0 Å². The molecule has 8 rings (SSSR count). The van der Waals surface area contributed by atoms with Crippen molar-refractivity contribution in [2.45, 2.75) is 280 Å². The van der Waals surface area contributed by atoms with Crippen LogP contribution < -0.4 is 0 Å². The Bertz CT molecular complexity index is 4850. The van der Waals surface area contributed by atoms with E-state index in [2.05, 4.69) is 152 Å². The highest BCUT2D eigenvalue weighted by Crippen LogP contribution is 2.46. The van der Waals surface area contributed by atoms with Gasteiger partial charge in [0.2, 0.25) is 0 Å². The van der Waals surface area contributed by atoms with Crippen molar-refractivity contribution in [1.29, 1.82) is 0 Å². The molecule has 0 saturated heterocycles. The fourth-order valence-corrected chi connectivity index (χ4v) is 16.1. The number of rotatable bonds is 63. The van der Waals surface area contributed by atoms with Crippen LogP contribution in [0.25, 0.3) is 0 Å². The Morgan fingerprint density at radius 3 is 0.356 bits per heavy atom. The normalized spacial score (nSPS) is 12.1. The van der Waals surface area contributed by atoms with Gasteiger partial charge in [-0.2, -0.15) is 0 Å². The molecule has 0 amide bonds. The summed E-state index contributed by atoms with van der Waals surface area (Å²) in [6.45, 7) is 58.3. The zero-order valence-electron chi connectivity index (χ0n) is 94.1. The van der Waals surface area contributed by atoms with Gasteiger partial charge in [-0.25, -0.2) is 0 Å². The average Bonchev–Trinajstić information content (AvgIpc) is 0.778. The molecule has 0 aromatic heterocycles. The summed E-state index contributed by atoms with van der Waals surface area (Å²) < 4.78 is 106. The zero-order chi connectivity index (χ0) is 109. The fraction of sp³-hybridized carbons (Fsp3) is 0.597. The Balaban J connectivity index is 0.000000344. The quantitative estimate of drug-likeness (QED) is 0.0164. The fourth-order valence-electron chi connectivity index (χ4n) is 16.1. The third-order valence-electron chi connectivity index (χ3n) is 24.7. The molecular formula is C119H182O27. The lowest BCUT2D eigenvalue weighted by molar-refractivity contribution is 0.0605. The molecule has 0 aliphatic carbocycles. The molecule has 0 unspecified atom stereocenters. The minimum atomic E-state index is -0.477. The second-order valence-electron chi connectivity index (χ2n) is 42.7. The number of phenolic OH excluding ortho intramolecular Hbond substituents is 8. The van der Waals surface area contributed by atoms with E-state index < -0.39 is 21.7 Å². The summed E-state index contributed by atoms with van der Waals surface area (Å²) in [4.78, 5) is 0. The number of methoxy groups -OCH3 is 9. The van der Waals surface area contributed by atoms with Crippen molar-refractivity contribution in [3.63, 3.8) is 0 Å². The van der Waals surface area contributed by atoms with E-state index in [-0.39, 0.29) is 98.9 Å². The predicted molar refractivity (Wildman–Crippen MR) is 574 cm³/mol. The van der Waals surface area contributed by atoms with Crippen molar-refractivity contribution in [2.75, 3.05) is 150 Å². The van der Waals surface area contributed by atoms with E-state index in [9.17, 15) is 40.9 Å². The lowest BCUT2D eigenvalue weighted by Crippen LogP contribution is -2.21. The van der Waals surface area contributed by atoms with Crippen molar-refractivity contribution < 1.29 is 131 Å². The lowest BCUT2D eigenvalue weighted by atomic mass is 9.76. The first-order valence-electron chi connectivity index (χ1n) is 51.2. The maximum absolute atomic E-state index is 11.2. The summed E-state index contributed by atoms with van der Waals surface area (Å²) in [5, 5.41) is 87.3. The molecule has 0 heterocycles. The van der Waals surface area contributed by atoms with Crippen LogP contribution in [0.15, 0.2) is 97.1 Å². The number of benzene rings is 8. The van der Waals surface area contributed by atoms with E-state index in [0.717, 1.165) is 89.0 Å². The molecule has 146 heavy (non-hydrogen) atoms. The van der Waals surface area contributed by atoms with Crippen molar-refractivity contribution >= 4 is 0 Å². The highest BCUT2D eigenvalue weighted by molar-refractivity contribution is 5.58. The van der Waals surface area contributed by atoms with E-state index in [1.807, 2.05) is 97.1 Å².